The van der Waals surface area contributed by atoms with E-state index in [9.17, 15) is 19.7 Å². The lowest BCUT2D eigenvalue weighted by Crippen LogP contribution is -2.21. The molecule has 2 aromatic rings. The Morgan fingerprint density at radius 3 is 2.59 bits per heavy atom. The summed E-state index contributed by atoms with van der Waals surface area (Å²) in [4.78, 5) is 34.8. The van der Waals surface area contributed by atoms with Gasteiger partial charge in [0.2, 0.25) is 5.91 Å². The number of nitrogens with zero attached hydrogens (tertiary/aromatic N) is 1. The van der Waals surface area contributed by atoms with E-state index in [0.29, 0.717) is 5.56 Å². The second-order valence-electron chi connectivity index (χ2n) is 5.32. The first-order chi connectivity index (χ1) is 12.9. The van der Waals surface area contributed by atoms with E-state index >= 15 is 0 Å². The van der Waals surface area contributed by atoms with Crippen LogP contribution in [0.4, 0.5) is 11.4 Å². The molecule has 0 aliphatic heterocycles. The van der Waals surface area contributed by atoms with Gasteiger partial charge in [0.1, 0.15) is 10.3 Å². The summed E-state index contributed by atoms with van der Waals surface area (Å²) in [7, 11) is 0. The maximum Gasteiger partial charge on any atom is 0.315 e. The summed E-state index contributed by atoms with van der Waals surface area (Å²) < 4.78 is 4.90. The van der Waals surface area contributed by atoms with Crippen LogP contribution < -0.4 is 5.32 Å². The van der Waals surface area contributed by atoms with Crippen molar-refractivity contribution in [3.63, 3.8) is 0 Å². The van der Waals surface area contributed by atoms with Crippen molar-refractivity contribution in [3.05, 3.63) is 69.2 Å². The van der Waals surface area contributed by atoms with Crippen molar-refractivity contribution in [1.29, 1.82) is 0 Å². The molecule has 2 aromatic carbocycles. The van der Waals surface area contributed by atoms with Crippen LogP contribution in [0.3, 0.4) is 0 Å². The van der Waals surface area contributed by atoms with E-state index in [1.165, 1.54) is 18.2 Å². The quantitative estimate of drug-likeness (QED) is 0.398. The third-order valence-corrected chi connectivity index (χ3v) is 4.97. The molecule has 1 atom stereocenters. The lowest BCUT2D eigenvalue weighted by atomic mass is 10.1. The van der Waals surface area contributed by atoms with Gasteiger partial charge in [0.15, 0.2) is 0 Å². The largest absolute Gasteiger partial charge is 0.465 e. The molecule has 0 bridgehead atoms. The minimum Gasteiger partial charge on any atom is -0.465 e. The standard InChI is InChI=1S/C18H17ClN2O5S/c1-2-26-16(22)11-27-17(12-6-4-3-5-7-12)18(23)20-13-8-9-14(19)15(10-13)21(24)25/h3-10,17H,2,11H2,1H3,(H,20,23)/t17-/m0/s1. The maximum absolute atomic E-state index is 12.8. The molecule has 1 N–H and O–H groups in total. The van der Waals surface area contributed by atoms with Crippen LogP contribution in [-0.4, -0.2) is 29.2 Å². The van der Waals surface area contributed by atoms with E-state index in [1.54, 1.807) is 31.2 Å². The number of carbonyl (C=O) groups is 2. The van der Waals surface area contributed by atoms with Crippen molar-refractivity contribution < 1.29 is 19.2 Å². The zero-order valence-corrected chi connectivity index (χ0v) is 16.0. The zero-order valence-electron chi connectivity index (χ0n) is 14.4. The number of nitro groups is 1. The number of rotatable bonds is 8. The van der Waals surface area contributed by atoms with Gasteiger partial charge in [0.05, 0.1) is 17.3 Å². The number of halogens is 1. The molecule has 7 nitrogen and oxygen atoms in total. The summed E-state index contributed by atoms with van der Waals surface area (Å²) in [6.45, 7) is 1.97. The lowest BCUT2D eigenvalue weighted by molar-refractivity contribution is -0.384. The molecule has 0 fully saturated rings. The van der Waals surface area contributed by atoms with Gasteiger partial charge < -0.3 is 10.1 Å². The minimum atomic E-state index is -0.689. The highest BCUT2D eigenvalue weighted by molar-refractivity contribution is 8.00. The van der Waals surface area contributed by atoms with Crippen LogP contribution in [0.1, 0.15) is 17.7 Å². The van der Waals surface area contributed by atoms with E-state index in [1.807, 2.05) is 6.07 Å². The molecule has 0 heterocycles. The Kier molecular flexibility index (Phi) is 7.63. The number of benzene rings is 2. The second-order valence-corrected chi connectivity index (χ2v) is 6.82. The summed E-state index contributed by atoms with van der Waals surface area (Å²) in [5, 5.41) is 12.9. The van der Waals surface area contributed by atoms with Crippen LogP contribution in [0, 0.1) is 10.1 Å². The first-order valence-corrected chi connectivity index (χ1v) is 9.42. The summed E-state index contributed by atoms with van der Waals surface area (Å²) in [5.41, 5.74) is 0.645. The van der Waals surface area contributed by atoms with E-state index in [4.69, 9.17) is 16.3 Å². The average molecular weight is 409 g/mol. The first kappa shape index (κ1) is 20.7. The van der Waals surface area contributed by atoms with Crippen molar-refractivity contribution >= 4 is 46.6 Å². The number of anilines is 1. The first-order valence-electron chi connectivity index (χ1n) is 7.99. The number of hydrogen-bond donors (Lipinski definition) is 1. The third kappa shape index (κ3) is 5.97. The van der Waals surface area contributed by atoms with Crippen molar-refractivity contribution in [2.45, 2.75) is 12.2 Å². The van der Waals surface area contributed by atoms with Crippen molar-refractivity contribution in [2.24, 2.45) is 0 Å². The number of ether oxygens (including phenoxy) is 1. The van der Waals surface area contributed by atoms with E-state index in [2.05, 4.69) is 5.32 Å². The smallest absolute Gasteiger partial charge is 0.315 e. The van der Waals surface area contributed by atoms with Gasteiger partial charge in [-0.15, -0.1) is 11.8 Å². The summed E-state index contributed by atoms with van der Waals surface area (Å²) in [6.07, 6.45) is 0. The lowest BCUT2D eigenvalue weighted by Gasteiger charge is -2.17. The topological polar surface area (TPSA) is 98.5 Å². The van der Waals surface area contributed by atoms with Gasteiger partial charge in [-0.1, -0.05) is 41.9 Å². The van der Waals surface area contributed by atoms with E-state index in [0.717, 1.165) is 11.8 Å². The van der Waals surface area contributed by atoms with Gasteiger partial charge in [-0.05, 0) is 24.6 Å². The molecule has 0 saturated heterocycles. The molecule has 0 aromatic heterocycles. The zero-order chi connectivity index (χ0) is 19.8. The van der Waals surface area contributed by atoms with Gasteiger partial charge in [-0.2, -0.15) is 0 Å². The molecule has 27 heavy (non-hydrogen) atoms. The molecule has 0 aliphatic rings. The van der Waals surface area contributed by atoms with Crippen LogP contribution in [-0.2, 0) is 14.3 Å². The number of esters is 1. The fourth-order valence-electron chi connectivity index (χ4n) is 2.24. The van der Waals surface area contributed by atoms with Crippen molar-refractivity contribution in [2.75, 3.05) is 17.7 Å². The Morgan fingerprint density at radius 2 is 1.96 bits per heavy atom. The van der Waals surface area contributed by atoms with Gasteiger partial charge in [0, 0.05) is 11.8 Å². The monoisotopic (exact) mass is 408 g/mol. The molecule has 0 unspecified atom stereocenters. The number of amides is 1. The van der Waals surface area contributed by atoms with Crippen LogP contribution in [0.15, 0.2) is 48.5 Å². The highest BCUT2D eigenvalue weighted by atomic mass is 35.5. The summed E-state index contributed by atoms with van der Waals surface area (Å²) >= 11 is 6.91. The van der Waals surface area contributed by atoms with Crippen LogP contribution in [0.25, 0.3) is 0 Å². The molecular weight excluding hydrogens is 392 g/mol. The number of hydrogen-bond acceptors (Lipinski definition) is 6. The molecule has 0 aliphatic carbocycles. The molecule has 0 spiro atoms. The predicted molar refractivity (Wildman–Crippen MR) is 105 cm³/mol. The van der Waals surface area contributed by atoms with Gasteiger partial charge >= 0.3 is 5.97 Å². The summed E-state index contributed by atoms with van der Waals surface area (Å²) in [6, 6.07) is 12.9. The molecule has 9 heteroatoms. The maximum atomic E-state index is 12.8. The average Bonchev–Trinajstić information content (AvgIpc) is 2.64. The number of thioether (sulfide) groups is 1. The highest BCUT2D eigenvalue weighted by Crippen LogP contribution is 2.32. The Balaban J connectivity index is 2.19. The minimum absolute atomic E-state index is 0.00157. The Hall–Kier alpha value is -2.58. The van der Waals surface area contributed by atoms with E-state index < -0.39 is 22.0 Å². The number of carbonyl (C=O) groups excluding carboxylic acids is 2. The third-order valence-electron chi connectivity index (χ3n) is 3.42. The van der Waals surface area contributed by atoms with Crippen LogP contribution in [0.2, 0.25) is 5.02 Å². The van der Waals surface area contributed by atoms with Crippen LogP contribution >= 0.6 is 23.4 Å². The number of nitrogens with one attached hydrogen (secondary N) is 1. The SMILES string of the molecule is CCOC(=O)CS[C@H](C(=O)Nc1ccc(Cl)c([N+](=O)[O-])c1)c1ccccc1. The Morgan fingerprint density at radius 1 is 1.26 bits per heavy atom. The molecule has 142 valence electrons. The van der Waals surface area contributed by atoms with Crippen molar-refractivity contribution in [3.8, 4) is 0 Å². The van der Waals surface area contributed by atoms with Crippen molar-refractivity contribution in [1.82, 2.24) is 0 Å². The molecule has 0 saturated carbocycles. The van der Waals surface area contributed by atoms with Gasteiger partial charge in [-0.3, -0.25) is 19.7 Å². The second kappa shape index (κ2) is 9.94. The molecular formula is C18H17ClN2O5S. The van der Waals surface area contributed by atoms with Gasteiger partial charge in [0.25, 0.3) is 5.69 Å². The fraction of sp³-hybridized carbons (Fsp3) is 0.222. The van der Waals surface area contributed by atoms with E-state index in [-0.39, 0.29) is 28.8 Å². The Labute approximate surface area is 165 Å². The fourth-order valence-corrected chi connectivity index (χ4v) is 3.38. The highest BCUT2D eigenvalue weighted by Gasteiger charge is 2.24. The summed E-state index contributed by atoms with van der Waals surface area (Å²) in [5.74, 6) is -0.827. The normalized spacial score (nSPS) is 11.5. The molecule has 0 radical (unpaired) electrons. The Bertz CT molecular complexity index is 832. The molecule has 1 amide bonds. The van der Waals surface area contributed by atoms with Crippen LogP contribution in [0.5, 0.6) is 0 Å². The predicted octanol–water partition coefficient (Wildman–Crippen LogP) is 4.22. The van der Waals surface area contributed by atoms with Gasteiger partial charge in [-0.25, -0.2) is 0 Å². The molecule has 2 rings (SSSR count). The number of nitro benzene ring substituents is 1.